The molecular weight excluding hydrogens is 349 g/mol. The van der Waals surface area contributed by atoms with Crippen LogP contribution in [0.5, 0.6) is 5.75 Å². The molecule has 1 unspecified atom stereocenters. The minimum Gasteiger partial charge on any atom is -0.406 e. The van der Waals surface area contributed by atoms with E-state index in [4.69, 9.17) is 0 Å². The van der Waals surface area contributed by atoms with Gasteiger partial charge in [-0.2, -0.15) is 5.10 Å². The molecule has 9 heteroatoms. The van der Waals surface area contributed by atoms with Crippen molar-refractivity contribution in [2.45, 2.75) is 50.2 Å². The van der Waals surface area contributed by atoms with E-state index in [1.54, 1.807) is 0 Å². The number of fused-ring (bicyclic) bond motifs is 3. The van der Waals surface area contributed by atoms with Crippen LogP contribution >= 0.6 is 0 Å². The maximum absolute atomic E-state index is 12.6. The van der Waals surface area contributed by atoms with E-state index < -0.39 is 6.36 Å². The highest BCUT2D eigenvalue weighted by atomic mass is 19.4. The maximum atomic E-state index is 12.6. The summed E-state index contributed by atoms with van der Waals surface area (Å²) >= 11 is 0. The Morgan fingerprint density at radius 1 is 1.31 bits per heavy atom. The highest BCUT2D eigenvalue weighted by Crippen LogP contribution is 2.34. The lowest BCUT2D eigenvalue weighted by molar-refractivity contribution is -0.274. The van der Waals surface area contributed by atoms with Crippen LogP contribution < -0.4 is 10.1 Å². The summed E-state index contributed by atoms with van der Waals surface area (Å²) in [6.07, 6.45) is -0.756. The van der Waals surface area contributed by atoms with E-state index >= 15 is 0 Å². The van der Waals surface area contributed by atoms with Crippen molar-refractivity contribution in [2.75, 3.05) is 7.05 Å². The van der Waals surface area contributed by atoms with Crippen molar-refractivity contribution >= 4 is 16.8 Å². The Balaban J connectivity index is 1.52. The molecular formula is C17H19F3N4O2. The highest BCUT2D eigenvalue weighted by molar-refractivity contribution is 6.05. The number of hydrogen-bond donors (Lipinski definition) is 2. The molecule has 26 heavy (non-hydrogen) atoms. The molecule has 0 saturated carbocycles. The summed E-state index contributed by atoms with van der Waals surface area (Å²) in [6.45, 7) is 0. The number of carbonyl (C=O) groups is 1. The Morgan fingerprint density at radius 2 is 2.00 bits per heavy atom. The second-order valence-electron chi connectivity index (χ2n) is 7.02. The number of halogens is 3. The number of alkyl halides is 3. The molecule has 2 bridgehead atoms. The number of carbonyl (C=O) groups excluding carboxylic acids is 1. The predicted octanol–water partition coefficient (Wildman–Crippen LogP) is 2.82. The largest absolute Gasteiger partial charge is 0.573 e. The first-order valence-electron chi connectivity index (χ1n) is 8.57. The van der Waals surface area contributed by atoms with Crippen LogP contribution in [0.15, 0.2) is 18.2 Å². The Hall–Kier alpha value is -2.29. The van der Waals surface area contributed by atoms with Crippen LogP contribution in [-0.2, 0) is 0 Å². The monoisotopic (exact) mass is 368 g/mol. The molecule has 1 aromatic heterocycles. The van der Waals surface area contributed by atoms with Crippen molar-refractivity contribution in [3.8, 4) is 5.75 Å². The Morgan fingerprint density at radius 3 is 2.65 bits per heavy atom. The molecule has 2 fully saturated rings. The molecule has 2 aliphatic rings. The smallest absolute Gasteiger partial charge is 0.406 e. The van der Waals surface area contributed by atoms with Crippen molar-refractivity contribution < 1.29 is 22.7 Å². The molecule has 1 aromatic carbocycles. The Bertz CT molecular complexity index is 821. The number of nitrogens with zero attached hydrogens (tertiary/aromatic N) is 2. The summed E-state index contributed by atoms with van der Waals surface area (Å²) in [5.41, 5.74) is 0.562. The predicted molar refractivity (Wildman–Crippen MR) is 87.8 cm³/mol. The molecule has 2 aliphatic heterocycles. The zero-order chi connectivity index (χ0) is 18.5. The van der Waals surface area contributed by atoms with E-state index in [0.717, 1.165) is 25.7 Å². The average Bonchev–Trinajstić information content (AvgIpc) is 3.03. The van der Waals surface area contributed by atoms with Crippen LogP contribution in [0.4, 0.5) is 13.2 Å². The standard InChI is InChI=1S/C17H19F3N4O2/c1-24-10-2-3-11(24)7-9(6-10)21-16(25)15-13-8-12(26-17(18,19)20)4-5-14(13)22-23-15/h4-5,8-11H,2-3,6-7H2,1H3,(H,21,25)(H,22,23)/t9?,10-,11+. The highest BCUT2D eigenvalue weighted by Gasteiger charge is 2.39. The second-order valence-corrected chi connectivity index (χ2v) is 7.02. The van der Waals surface area contributed by atoms with E-state index in [1.165, 1.54) is 18.2 Å². The molecule has 2 N–H and O–H groups in total. The number of ether oxygens (including phenoxy) is 1. The second kappa shape index (κ2) is 6.15. The summed E-state index contributed by atoms with van der Waals surface area (Å²) in [7, 11) is 2.11. The summed E-state index contributed by atoms with van der Waals surface area (Å²) in [4.78, 5) is 15.0. The van der Waals surface area contributed by atoms with Crippen molar-refractivity contribution in [2.24, 2.45) is 0 Å². The molecule has 1 amide bonds. The van der Waals surface area contributed by atoms with Crippen molar-refractivity contribution in [3.05, 3.63) is 23.9 Å². The number of amides is 1. The summed E-state index contributed by atoms with van der Waals surface area (Å²) < 4.78 is 41.2. The summed E-state index contributed by atoms with van der Waals surface area (Å²) in [5, 5.41) is 9.96. The van der Waals surface area contributed by atoms with E-state index in [9.17, 15) is 18.0 Å². The lowest BCUT2D eigenvalue weighted by Gasteiger charge is -2.36. The fourth-order valence-electron chi connectivity index (χ4n) is 4.15. The Kier molecular flexibility index (Phi) is 4.06. The molecule has 3 heterocycles. The molecule has 0 aliphatic carbocycles. The van der Waals surface area contributed by atoms with Gasteiger partial charge in [0.2, 0.25) is 0 Å². The van der Waals surface area contributed by atoms with Gasteiger partial charge >= 0.3 is 6.36 Å². The number of hydrogen-bond acceptors (Lipinski definition) is 4. The number of piperidine rings is 1. The number of aromatic amines is 1. The average molecular weight is 368 g/mol. The van der Waals surface area contributed by atoms with E-state index in [1.807, 2.05) is 0 Å². The SMILES string of the molecule is CN1[C@@H]2CC[C@H]1CC(NC(=O)c1n[nH]c3ccc(OC(F)(F)F)cc13)C2. The molecule has 2 saturated heterocycles. The number of H-pyrrole nitrogens is 1. The van der Waals surface area contributed by atoms with Gasteiger partial charge in [0.1, 0.15) is 5.75 Å². The van der Waals surface area contributed by atoms with Gasteiger partial charge in [0.25, 0.3) is 5.91 Å². The molecule has 4 rings (SSSR count). The van der Waals surface area contributed by atoms with Gasteiger partial charge in [-0.05, 0) is 50.9 Å². The first-order chi connectivity index (χ1) is 12.3. The zero-order valence-corrected chi connectivity index (χ0v) is 14.1. The van der Waals surface area contributed by atoms with E-state index in [0.29, 0.717) is 23.0 Å². The van der Waals surface area contributed by atoms with Gasteiger partial charge in [-0.15, -0.1) is 13.2 Å². The molecule has 3 atom stereocenters. The van der Waals surface area contributed by atoms with Crippen molar-refractivity contribution in [1.29, 1.82) is 0 Å². The minimum absolute atomic E-state index is 0.0533. The molecule has 6 nitrogen and oxygen atoms in total. The van der Waals surface area contributed by atoms with Crippen LogP contribution in [0, 0.1) is 0 Å². The first-order valence-corrected chi connectivity index (χ1v) is 8.57. The van der Waals surface area contributed by atoms with Gasteiger partial charge in [-0.3, -0.25) is 9.89 Å². The van der Waals surface area contributed by atoms with Crippen molar-refractivity contribution in [3.63, 3.8) is 0 Å². The topological polar surface area (TPSA) is 70.2 Å². The number of benzene rings is 1. The third-order valence-electron chi connectivity index (χ3n) is 5.42. The quantitative estimate of drug-likeness (QED) is 0.874. The summed E-state index contributed by atoms with van der Waals surface area (Å²) in [6, 6.07) is 4.78. The number of nitrogens with one attached hydrogen (secondary N) is 2. The maximum Gasteiger partial charge on any atom is 0.573 e. The third kappa shape index (κ3) is 3.23. The van der Waals surface area contributed by atoms with Gasteiger partial charge in [-0.25, -0.2) is 0 Å². The Labute approximate surface area is 147 Å². The fraction of sp³-hybridized carbons (Fsp3) is 0.529. The van der Waals surface area contributed by atoms with Gasteiger partial charge in [0, 0.05) is 23.5 Å². The molecule has 2 aromatic rings. The lowest BCUT2D eigenvalue weighted by Crippen LogP contribution is -2.48. The number of aromatic nitrogens is 2. The minimum atomic E-state index is -4.78. The van der Waals surface area contributed by atoms with Gasteiger partial charge in [0.05, 0.1) is 5.52 Å². The van der Waals surface area contributed by atoms with E-state index in [2.05, 4.69) is 32.2 Å². The van der Waals surface area contributed by atoms with Crippen LogP contribution in [0.2, 0.25) is 0 Å². The molecule has 0 spiro atoms. The fourth-order valence-corrected chi connectivity index (χ4v) is 4.15. The van der Waals surface area contributed by atoms with Crippen LogP contribution in [0.1, 0.15) is 36.2 Å². The van der Waals surface area contributed by atoms with Gasteiger partial charge in [-0.1, -0.05) is 0 Å². The molecule has 140 valence electrons. The van der Waals surface area contributed by atoms with Gasteiger partial charge < -0.3 is 15.0 Å². The van der Waals surface area contributed by atoms with Crippen LogP contribution in [0.3, 0.4) is 0 Å². The normalized spacial score (nSPS) is 26.2. The lowest BCUT2D eigenvalue weighted by atomic mass is 9.98. The third-order valence-corrected chi connectivity index (χ3v) is 5.42. The summed E-state index contributed by atoms with van der Waals surface area (Å²) in [5.74, 6) is -0.757. The van der Waals surface area contributed by atoms with Gasteiger partial charge in [0.15, 0.2) is 5.69 Å². The zero-order valence-electron chi connectivity index (χ0n) is 14.1. The van der Waals surface area contributed by atoms with Crippen LogP contribution in [-0.4, -0.2) is 52.5 Å². The molecule has 0 radical (unpaired) electrons. The number of rotatable bonds is 3. The van der Waals surface area contributed by atoms with Crippen LogP contribution in [0.25, 0.3) is 10.9 Å². The first kappa shape index (κ1) is 17.1. The van der Waals surface area contributed by atoms with E-state index in [-0.39, 0.29) is 23.4 Å². The van der Waals surface area contributed by atoms with Crippen molar-refractivity contribution in [1.82, 2.24) is 20.4 Å².